The minimum atomic E-state index is 1.09. The van der Waals surface area contributed by atoms with Crippen LogP contribution in [0.25, 0.3) is 82.8 Å². The van der Waals surface area contributed by atoms with Crippen molar-refractivity contribution in [1.82, 2.24) is 4.57 Å². The van der Waals surface area contributed by atoms with Crippen LogP contribution in [-0.4, -0.2) is 4.57 Å². The molecule has 0 aliphatic heterocycles. The predicted octanol–water partition coefficient (Wildman–Crippen LogP) is 16.1. The van der Waals surface area contributed by atoms with E-state index < -0.39 is 0 Å². The molecule has 0 N–H and O–H groups in total. The number of para-hydroxylation sites is 2. The number of anilines is 3. The van der Waals surface area contributed by atoms with Crippen LogP contribution in [0.5, 0.6) is 0 Å². The Labute approximate surface area is 350 Å². The molecular formula is C58H40N2. The van der Waals surface area contributed by atoms with Crippen molar-refractivity contribution >= 4 is 49.6 Å². The van der Waals surface area contributed by atoms with Crippen molar-refractivity contribution in [1.29, 1.82) is 0 Å². The van der Waals surface area contributed by atoms with Crippen molar-refractivity contribution in [2.75, 3.05) is 4.90 Å². The van der Waals surface area contributed by atoms with Crippen LogP contribution in [0, 0.1) is 0 Å². The maximum atomic E-state index is 2.38. The van der Waals surface area contributed by atoms with Gasteiger partial charge in [-0.3, -0.25) is 0 Å². The van der Waals surface area contributed by atoms with E-state index in [4.69, 9.17) is 0 Å². The van der Waals surface area contributed by atoms with Crippen molar-refractivity contribution < 1.29 is 0 Å². The molecule has 0 atom stereocenters. The molecule has 1 heterocycles. The number of benzene rings is 10. The van der Waals surface area contributed by atoms with Gasteiger partial charge in [0.15, 0.2) is 0 Å². The number of fused-ring (bicyclic) bond motifs is 4. The summed E-state index contributed by atoms with van der Waals surface area (Å²) in [5, 5.41) is 5.05. The maximum Gasteiger partial charge on any atom is 0.0541 e. The second-order valence-electron chi connectivity index (χ2n) is 15.4. The molecule has 0 unspecified atom stereocenters. The van der Waals surface area contributed by atoms with Crippen LogP contribution in [0.15, 0.2) is 243 Å². The minimum Gasteiger partial charge on any atom is -0.311 e. The van der Waals surface area contributed by atoms with Crippen molar-refractivity contribution in [3.63, 3.8) is 0 Å². The molecule has 60 heavy (non-hydrogen) atoms. The molecule has 0 radical (unpaired) electrons. The number of rotatable bonds is 8. The van der Waals surface area contributed by atoms with Gasteiger partial charge in [-0.2, -0.15) is 0 Å². The van der Waals surface area contributed by atoms with Crippen LogP contribution in [0.3, 0.4) is 0 Å². The SMILES string of the molecule is c1ccc(-c2ccc(N(c3ccc(-c4ccc(-c5ccc6ccccc6c5)cc4)cc3)c3ccc(-c4cccc(-n5c6ccccc6c6ccccc65)c4)cc3)cc2)cc1. The van der Waals surface area contributed by atoms with Gasteiger partial charge >= 0.3 is 0 Å². The third-order valence-corrected chi connectivity index (χ3v) is 11.8. The average Bonchev–Trinajstić information content (AvgIpc) is 3.67. The van der Waals surface area contributed by atoms with E-state index in [0.717, 1.165) is 22.7 Å². The van der Waals surface area contributed by atoms with Crippen LogP contribution in [0.2, 0.25) is 0 Å². The number of nitrogens with zero attached hydrogens (tertiary/aromatic N) is 2. The predicted molar refractivity (Wildman–Crippen MR) is 255 cm³/mol. The lowest BCUT2D eigenvalue weighted by atomic mass is 9.98. The molecule has 0 fully saturated rings. The molecule has 0 saturated carbocycles. The molecule has 1 aromatic heterocycles. The van der Waals surface area contributed by atoms with E-state index in [9.17, 15) is 0 Å². The summed E-state index contributed by atoms with van der Waals surface area (Å²) in [4.78, 5) is 2.35. The van der Waals surface area contributed by atoms with Gasteiger partial charge in [-0.25, -0.2) is 0 Å². The van der Waals surface area contributed by atoms with E-state index in [1.807, 2.05) is 0 Å². The van der Waals surface area contributed by atoms with Gasteiger partial charge in [-0.15, -0.1) is 0 Å². The van der Waals surface area contributed by atoms with Crippen molar-refractivity contribution in [3.8, 4) is 50.2 Å². The van der Waals surface area contributed by atoms with Crippen molar-refractivity contribution in [2.45, 2.75) is 0 Å². The van der Waals surface area contributed by atoms with Gasteiger partial charge in [0, 0.05) is 33.5 Å². The van der Waals surface area contributed by atoms with Gasteiger partial charge in [-0.1, -0.05) is 176 Å². The van der Waals surface area contributed by atoms with Gasteiger partial charge in [-0.05, 0) is 122 Å². The first-order valence-corrected chi connectivity index (χ1v) is 20.6. The zero-order valence-corrected chi connectivity index (χ0v) is 33.0. The van der Waals surface area contributed by atoms with Crippen LogP contribution in [0.4, 0.5) is 17.1 Å². The molecule has 0 spiro atoms. The fourth-order valence-electron chi connectivity index (χ4n) is 8.74. The molecule has 0 aliphatic carbocycles. The summed E-state index contributed by atoms with van der Waals surface area (Å²) in [7, 11) is 0. The van der Waals surface area contributed by atoms with Gasteiger partial charge in [0.1, 0.15) is 0 Å². The van der Waals surface area contributed by atoms with Crippen molar-refractivity contribution in [2.24, 2.45) is 0 Å². The summed E-state index contributed by atoms with van der Waals surface area (Å²) >= 11 is 0. The normalized spacial score (nSPS) is 11.3. The monoisotopic (exact) mass is 764 g/mol. The fraction of sp³-hybridized carbons (Fsp3) is 0. The molecule has 11 rings (SSSR count). The molecule has 0 bridgehead atoms. The molecule has 0 saturated heterocycles. The third kappa shape index (κ3) is 6.51. The highest BCUT2D eigenvalue weighted by Crippen LogP contribution is 2.39. The second-order valence-corrected chi connectivity index (χ2v) is 15.4. The first kappa shape index (κ1) is 35.2. The first-order valence-electron chi connectivity index (χ1n) is 20.6. The summed E-state index contributed by atoms with van der Waals surface area (Å²) in [6.45, 7) is 0. The Morgan fingerprint density at radius 1 is 0.250 bits per heavy atom. The number of aromatic nitrogens is 1. The van der Waals surface area contributed by atoms with Gasteiger partial charge in [0.05, 0.1) is 11.0 Å². The maximum absolute atomic E-state index is 2.38. The lowest BCUT2D eigenvalue weighted by molar-refractivity contribution is 1.18. The highest BCUT2D eigenvalue weighted by molar-refractivity contribution is 6.09. The molecule has 10 aromatic carbocycles. The summed E-state index contributed by atoms with van der Waals surface area (Å²) in [6.07, 6.45) is 0. The minimum absolute atomic E-state index is 1.09. The number of hydrogen-bond acceptors (Lipinski definition) is 1. The average molecular weight is 765 g/mol. The standard InChI is InChI=1S/C58H40N2/c1-2-11-41(12-3-1)44-27-33-51(34-28-44)59(52-35-29-45(30-36-52)43-21-23-46(24-22-43)50-26-25-42-13-4-5-14-48(42)39-50)53-37-31-47(32-38-53)49-15-10-16-54(40-49)60-57-19-8-6-17-55(57)56-18-7-9-20-58(56)60/h1-40H. The van der Waals surface area contributed by atoms with Gasteiger partial charge in [0.2, 0.25) is 0 Å². The zero-order chi connectivity index (χ0) is 39.8. The molecule has 0 amide bonds. The Morgan fingerprint density at radius 2 is 0.633 bits per heavy atom. The summed E-state index contributed by atoms with van der Waals surface area (Å²) in [6, 6.07) is 87.8. The lowest BCUT2D eigenvalue weighted by Gasteiger charge is -2.26. The van der Waals surface area contributed by atoms with Crippen molar-refractivity contribution in [3.05, 3.63) is 243 Å². The van der Waals surface area contributed by atoms with Crippen LogP contribution < -0.4 is 4.90 Å². The molecule has 0 aliphatic rings. The lowest BCUT2D eigenvalue weighted by Crippen LogP contribution is -2.09. The Kier molecular flexibility index (Phi) is 8.87. The highest BCUT2D eigenvalue weighted by Gasteiger charge is 2.16. The Hall–Kier alpha value is -7.94. The topological polar surface area (TPSA) is 8.17 Å². The quantitative estimate of drug-likeness (QED) is 0.150. The Morgan fingerprint density at radius 3 is 1.18 bits per heavy atom. The van der Waals surface area contributed by atoms with Crippen LogP contribution in [0.1, 0.15) is 0 Å². The summed E-state index contributed by atoms with van der Waals surface area (Å²) in [5.74, 6) is 0. The summed E-state index contributed by atoms with van der Waals surface area (Å²) < 4.78 is 2.38. The van der Waals surface area contributed by atoms with E-state index in [1.54, 1.807) is 0 Å². The van der Waals surface area contributed by atoms with E-state index in [-0.39, 0.29) is 0 Å². The molecule has 2 nitrogen and oxygen atoms in total. The highest BCUT2D eigenvalue weighted by atomic mass is 15.1. The Bertz CT molecular complexity index is 3220. The fourth-order valence-corrected chi connectivity index (χ4v) is 8.74. The number of hydrogen-bond donors (Lipinski definition) is 0. The van der Waals surface area contributed by atoms with Crippen LogP contribution >= 0.6 is 0 Å². The van der Waals surface area contributed by atoms with E-state index in [2.05, 4.69) is 252 Å². The van der Waals surface area contributed by atoms with Gasteiger partial charge in [0.25, 0.3) is 0 Å². The molecular weight excluding hydrogens is 725 g/mol. The smallest absolute Gasteiger partial charge is 0.0541 e. The van der Waals surface area contributed by atoms with E-state index in [0.29, 0.717) is 0 Å². The summed E-state index contributed by atoms with van der Waals surface area (Å²) in [5.41, 5.74) is 16.4. The van der Waals surface area contributed by atoms with E-state index in [1.165, 1.54) is 77.1 Å². The first-order chi connectivity index (χ1) is 29.7. The second kappa shape index (κ2) is 15.1. The van der Waals surface area contributed by atoms with Gasteiger partial charge < -0.3 is 9.47 Å². The molecule has 2 heteroatoms. The van der Waals surface area contributed by atoms with E-state index >= 15 is 0 Å². The zero-order valence-electron chi connectivity index (χ0n) is 33.0. The molecule has 11 aromatic rings. The van der Waals surface area contributed by atoms with Crippen LogP contribution in [-0.2, 0) is 0 Å². The Balaban J connectivity index is 0.922. The third-order valence-electron chi connectivity index (χ3n) is 11.8. The molecule has 282 valence electrons. The largest absolute Gasteiger partial charge is 0.311 e.